The fourth-order valence-corrected chi connectivity index (χ4v) is 5.27. The Balaban J connectivity index is 1.84. The molecule has 0 aliphatic carbocycles. The first kappa shape index (κ1) is 14.3. The summed E-state index contributed by atoms with van der Waals surface area (Å²) in [5.74, 6) is 0.517. The van der Waals surface area contributed by atoms with Crippen LogP contribution in [0.3, 0.4) is 0 Å². The van der Waals surface area contributed by atoms with E-state index in [9.17, 15) is 12.8 Å². The molecule has 110 valence electrons. The topological polar surface area (TPSA) is 49.4 Å². The lowest BCUT2D eigenvalue weighted by Crippen LogP contribution is -2.41. The smallest absolute Gasteiger partial charge is 0.207 e. The first-order chi connectivity index (χ1) is 9.56. The van der Waals surface area contributed by atoms with Crippen LogP contribution in [-0.4, -0.2) is 31.6 Å². The van der Waals surface area contributed by atoms with Gasteiger partial charge >= 0.3 is 0 Å². The Labute approximate surface area is 122 Å². The SMILES string of the molecule is O=S(=O)(NC1CCSc2ccc(F)cc21)N1CCCC1. The summed E-state index contributed by atoms with van der Waals surface area (Å²) in [6, 6.07) is 4.26. The van der Waals surface area contributed by atoms with E-state index in [4.69, 9.17) is 0 Å². The molecule has 0 bridgehead atoms. The van der Waals surface area contributed by atoms with Gasteiger partial charge in [0.25, 0.3) is 10.2 Å². The van der Waals surface area contributed by atoms with Crippen molar-refractivity contribution in [1.29, 1.82) is 0 Å². The van der Waals surface area contributed by atoms with E-state index in [-0.39, 0.29) is 11.9 Å². The highest BCUT2D eigenvalue weighted by Gasteiger charge is 2.30. The Bertz CT molecular complexity index is 600. The minimum Gasteiger partial charge on any atom is -0.207 e. The number of fused-ring (bicyclic) bond motifs is 1. The molecule has 1 aromatic rings. The van der Waals surface area contributed by atoms with Crippen LogP contribution in [0.2, 0.25) is 0 Å². The molecule has 0 spiro atoms. The van der Waals surface area contributed by atoms with E-state index >= 15 is 0 Å². The fraction of sp³-hybridized carbons (Fsp3) is 0.538. The van der Waals surface area contributed by atoms with Gasteiger partial charge in [0.05, 0.1) is 0 Å². The van der Waals surface area contributed by atoms with E-state index in [1.807, 2.05) is 0 Å². The molecule has 1 aromatic carbocycles. The van der Waals surface area contributed by atoms with Crippen LogP contribution in [-0.2, 0) is 10.2 Å². The molecule has 1 unspecified atom stereocenters. The lowest BCUT2D eigenvalue weighted by atomic mass is 10.0. The molecule has 0 radical (unpaired) electrons. The van der Waals surface area contributed by atoms with Gasteiger partial charge in [-0.25, -0.2) is 4.39 Å². The molecular formula is C13H17FN2O2S2. The Hall–Kier alpha value is -0.630. The minimum absolute atomic E-state index is 0.323. The number of hydrogen-bond acceptors (Lipinski definition) is 3. The van der Waals surface area contributed by atoms with Crippen molar-refractivity contribution in [3.05, 3.63) is 29.6 Å². The van der Waals surface area contributed by atoms with Gasteiger partial charge in [0.2, 0.25) is 0 Å². The summed E-state index contributed by atoms with van der Waals surface area (Å²) in [5.41, 5.74) is 0.754. The zero-order chi connectivity index (χ0) is 14.2. The highest BCUT2D eigenvalue weighted by atomic mass is 32.2. The van der Waals surface area contributed by atoms with Crippen molar-refractivity contribution in [2.24, 2.45) is 0 Å². The third-order valence-corrected chi connectivity index (χ3v) is 6.46. The molecule has 7 heteroatoms. The Kier molecular flexibility index (Phi) is 4.03. The number of rotatable bonds is 3. The molecule has 2 heterocycles. The first-order valence-corrected chi connectivity index (χ1v) is 9.18. The van der Waals surface area contributed by atoms with Crippen molar-refractivity contribution in [2.45, 2.75) is 30.2 Å². The van der Waals surface area contributed by atoms with Gasteiger partial charge < -0.3 is 0 Å². The zero-order valence-electron chi connectivity index (χ0n) is 11.0. The van der Waals surface area contributed by atoms with Crippen LogP contribution in [0.25, 0.3) is 0 Å². The number of benzene rings is 1. The van der Waals surface area contributed by atoms with E-state index in [2.05, 4.69) is 4.72 Å². The predicted octanol–water partition coefficient (Wildman–Crippen LogP) is 2.29. The second kappa shape index (κ2) is 5.63. The Morgan fingerprint density at radius 3 is 2.80 bits per heavy atom. The maximum absolute atomic E-state index is 13.4. The van der Waals surface area contributed by atoms with Gasteiger partial charge in [-0.2, -0.15) is 17.4 Å². The largest absolute Gasteiger partial charge is 0.280 e. The lowest BCUT2D eigenvalue weighted by Gasteiger charge is -2.27. The molecule has 20 heavy (non-hydrogen) atoms. The summed E-state index contributed by atoms with van der Waals surface area (Å²) in [7, 11) is -3.46. The van der Waals surface area contributed by atoms with Crippen LogP contribution < -0.4 is 4.72 Å². The van der Waals surface area contributed by atoms with Crippen molar-refractivity contribution in [1.82, 2.24) is 9.03 Å². The van der Waals surface area contributed by atoms with Crippen LogP contribution in [0.4, 0.5) is 4.39 Å². The van der Waals surface area contributed by atoms with Crippen LogP contribution in [0.15, 0.2) is 23.1 Å². The molecule has 4 nitrogen and oxygen atoms in total. The van der Waals surface area contributed by atoms with E-state index in [1.54, 1.807) is 17.8 Å². The second-order valence-electron chi connectivity index (χ2n) is 5.10. The highest BCUT2D eigenvalue weighted by molar-refractivity contribution is 7.99. The highest BCUT2D eigenvalue weighted by Crippen LogP contribution is 2.37. The van der Waals surface area contributed by atoms with E-state index in [0.29, 0.717) is 19.5 Å². The third-order valence-electron chi connectivity index (χ3n) is 3.71. The molecule has 1 saturated heterocycles. The summed E-state index contributed by atoms with van der Waals surface area (Å²) < 4.78 is 42.2. The molecular weight excluding hydrogens is 299 g/mol. The average molecular weight is 316 g/mol. The summed E-state index contributed by atoms with van der Waals surface area (Å²) in [5, 5.41) is 0. The molecule has 1 atom stereocenters. The average Bonchev–Trinajstić information content (AvgIpc) is 2.94. The van der Waals surface area contributed by atoms with Crippen LogP contribution in [0.1, 0.15) is 30.9 Å². The van der Waals surface area contributed by atoms with Gasteiger partial charge in [-0.1, -0.05) is 0 Å². The van der Waals surface area contributed by atoms with Crippen molar-refractivity contribution in [2.75, 3.05) is 18.8 Å². The number of nitrogens with zero attached hydrogens (tertiary/aromatic N) is 1. The predicted molar refractivity (Wildman–Crippen MR) is 77.3 cm³/mol. The molecule has 1 fully saturated rings. The van der Waals surface area contributed by atoms with Crippen molar-refractivity contribution >= 4 is 22.0 Å². The summed E-state index contributed by atoms with van der Waals surface area (Å²) in [6.07, 6.45) is 2.51. The van der Waals surface area contributed by atoms with Gasteiger partial charge in [-0.05, 0) is 48.8 Å². The summed E-state index contributed by atoms with van der Waals surface area (Å²) >= 11 is 1.64. The number of nitrogens with one attached hydrogen (secondary N) is 1. The quantitative estimate of drug-likeness (QED) is 0.931. The molecule has 0 saturated carbocycles. The van der Waals surface area contributed by atoms with Gasteiger partial charge in [-0.15, -0.1) is 11.8 Å². The van der Waals surface area contributed by atoms with Crippen LogP contribution in [0, 0.1) is 5.82 Å². The van der Waals surface area contributed by atoms with Crippen molar-refractivity contribution in [3.63, 3.8) is 0 Å². The molecule has 2 aliphatic heterocycles. The molecule has 2 aliphatic rings. The monoisotopic (exact) mass is 316 g/mol. The Morgan fingerprint density at radius 2 is 2.05 bits per heavy atom. The Morgan fingerprint density at radius 1 is 1.30 bits per heavy atom. The standard InChI is InChI=1S/C13H17FN2O2S2/c14-10-3-4-13-11(9-10)12(5-8-19-13)15-20(17,18)16-6-1-2-7-16/h3-4,9,12,15H,1-2,5-8H2. The van der Waals surface area contributed by atoms with Crippen LogP contribution >= 0.6 is 11.8 Å². The maximum atomic E-state index is 13.4. The number of thioether (sulfide) groups is 1. The summed E-state index contributed by atoms with van der Waals surface area (Å²) in [4.78, 5) is 0.965. The third kappa shape index (κ3) is 2.86. The second-order valence-corrected chi connectivity index (χ2v) is 7.94. The summed E-state index contributed by atoms with van der Waals surface area (Å²) in [6.45, 7) is 1.15. The zero-order valence-corrected chi connectivity index (χ0v) is 12.6. The molecule has 1 N–H and O–H groups in total. The molecule has 3 rings (SSSR count). The number of hydrogen-bond donors (Lipinski definition) is 1. The van der Waals surface area contributed by atoms with E-state index in [0.717, 1.165) is 29.1 Å². The fourth-order valence-electron chi connectivity index (χ4n) is 2.67. The van der Waals surface area contributed by atoms with E-state index < -0.39 is 10.2 Å². The minimum atomic E-state index is -3.46. The maximum Gasteiger partial charge on any atom is 0.280 e. The van der Waals surface area contributed by atoms with Gasteiger partial charge in [0.15, 0.2) is 0 Å². The van der Waals surface area contributed by atoms with Gasteiger partial charge in [0, 0.05) is 24.0 Å². The van der Waals surface area contributed by atoms with E-state index in [1.165, 1.54) is 16.4 Å². The number of halogens is 1. The van der Waals surface area contributed by atoms with Gasteiger partial charge in [0.1, 0.15) is 5.82 Å². The first-order valence-electron chi connectivity index (χ1n) is 6.76. The van der Waals surface area contributed by atoms with Gasteiger partial charge in [-0.3, -0.25) is 0 Å². The molecule has 0 aromatic heterocycles. The van der Waals surface area contributed by atoms with Crippen LogP contribution in [0.5, 0.6) is 0 Å². The normalized spacial score (nSPS) is 23.8. The lowest BCUT2D eigenvalue weighted by molar-refractivity contribution is 0.449. The van der Waals surface area contributed by atoms with Crippen molar-refractivity contribution < 1.29 is 12.8 Å². The van der Waals surface area contributed by atoms with Crippen molar-refractivity contribution in [3.8, 4) is 0 Å². The molecule has 0 amide bonds.